The molecule has 0 fully saturated rings. The minimum absolute atomic E-state index is 0.0192. The molecule has 0 amide bonds. The fraction of sp³-hybridized carbons (Fsp3) is 0.222. The van der Waals surface area contributed by atoms with E-state index in [2.05, 4.69) is 15.9 Å². The van der Waals surface area contributed by atoms with Gasteiger partial charge in [-0.25, -0.2) is 0 Å². The van der Waals surface area contributed by atoms with Crippen molar-refractivity contribution < 1.29 is 14.3 Å². The fourth-order valence-corrected chi connectivity index (χ4v) is 1.67. The van der Waals surface area contributed by atoms with Crippen molar-refractivity contribution in [2.24, 2.45) is 0 Å². The van der Waals surface area contributed by atoms with Gasteiger partial charge in [0.1, 0.15) is 0 Å². The Balaban J connectivity index is 2.62. The maximum absolute atomic E-state index is 11.2. The van der Waals surface area contributed by atoms with E-state index in [1.54, 1.807) is 12.1 Å². The molecule has 0 unspecified atom stereocenters. The highest BCUT2D eigenvalue weighted by molar-refractivity contribution is 9.10. The average Bonchev–Trinajstić information content (AvgIpc) is 2.53. The molecule has 2 rings (SSSR count). The SMILES string of the molecule is CC(=O)c1ccc(Br)c2c1OCO2. The summed E-state index contributed by atoms with van der Waals surface area (Å²) in [7, 11) is 0. The van der Waals surface area contributed by atoms with Crippen LogP contribution in [0.15, 0.2) is 16.6 Å². The van der Waals surface area contributed by atoms with Gasteiger partial charge < -0.3 is 9.47 Å². The van der Waals surface area contributed by atoms with Crippen LogP contribution in [0.1, 0.15) is 17.3 Å². The van der Waals surface area contributed by atoms with Gasteiger partial charge in [0.25, 0.3) is 0 Å². The molecule has 68 valence electrons. The topological polar surface area (TPSA) is 35.5 Å². The Morgan fingerprint density at radius 2 is 2.08 bits per heavy atom. The van der Waals surface area contributed by atoms with Gasteiger partial charge in [0, 0.05) is 0 Å². The molecule has 1 aromatic rings. The summed E-state index contributed by atoms with van der Waals surface area (Å²) < 4.78 is 11.2. The highest BCUT2D eigenvalue weighted by Crippen LogP contribution is 2.41. The van der Waals surface area contributed by atoms with E-state index >= 15 is 0 Å². The molecule has 1 aliphatic heterocycles. The largest absolute Gasteiger partial charge is 0.453 e. The third kappa shape index (κ3) is 1.31. The van der Waals surface area contributed by atoms with Crippen molar-refractivity contribution in [3.63, 3.8) is 0 Å². The van der Waals surface area contributed by atoms with E-state index in [0.717, 1.165) is 4.47 Å². The van der Waals surface area contributed by atoms with E-state index in [1.807, 2.05) is 0 Å². The predicted octanol–water partition coefficient (Wildman–Crippen LogP) is 2.38. The first-order chi connectivity index (χ1) is 6.20. The molecule has 1 aromatic carbocycles. The quantitative estimate of drug-likeness (QED) is 0.710. The molecule has 0 N–H and O–H groups in total. The van der Waals surface area contributed by atoms with Crippen molar-refractivity contribution in [1.82, 2.24) is 0 Å². The van der Waals surface area contributed by atoms with E-state index in [-0.39, 0.29) is 12.6 Å². The molecule has 0 aliphatic carbocycles. The number of fused-ring (bicyclic) bond motifs is 1. The van der Waals surface area contributed by atoms with E-state index < -0.39 is 0 Å². The molecule has 0 saturated heterocycles. The highest BCUT2D eigenvalue weighted by atomic mass is 79.9. The van der Waals surface area contributed by atoms with Crippen LogP contribution < -0.4 is 9.47 Å². The Hall–Kier alpha value is -1.03. The van der Waals surface area contributed by atoms with Gasteiger partial charge in [-0.05, 0) is 35.0 Å². The van der Waals surface area contributed by atoms with Gasteiger partial charge in [0.2, 0.25) is 6.79 Å². The summed E-state index contributed by atoms with van der Waals surface area (Å²) in [6.07, 6.45) is 0. The second kappa shape index (κ2) is 3.03. The molecule has 0 spiro atoms. The lowest BCUT2D eigenvalue weighted by Crippen LogP contribution is -1.96. The van der Waals surface area contributed by atoms with Crippen LogP contribution in [0.2, 0.25) is 0 Å². The van der Waals surface area contributed by atoms with E-state index in [9.17, 15) is 4.79 Å². The van der Waals surface area contributed by atoms with Crippen molar-refractivity contribution in [2.75, 3.05) is 6.79 Å². The maximum Gasteiger partial charge on any atom is 0.231 e. The molecule has 0 aromatic heterocycles. The van der Waals surface area contributed by atoms with Crippen LogP contribution >= 0.6 is 15.9 Å². The van der Waals surface area contributed by atoms with Crippen molar-refractivity contribution in [2.45, 2.75) is 6.92 Å². The minimum atomic E-state index is -0.0192. The number of ketones is 1. The molecule has 0 radical (unpaired) electrons. The Kier molecular flexibility index (Phi) is 2.00. The third-order valence-electron chi connectivity index (χ3n) is 1.85. The summed E-state index contributed by atoms with van der Waals surface area (Å²) in [5.41, 5.74) is 0.565. The van der Waals surface area contributed by atoms with Crippen LogP contribution in [-0.4, -0.2) is 12.6 Å². The molecular weight excluding hydrogens is 236 g/mol. The molecule has 1 heterocycles. The Morgan fingerprint density at radius 1 is 1.38 bits per heavy atom. The first kappa shape index (κ1) is 8.56. The zero-order chi connectivity index (χ0) is 9.42. The number of carbonyl (C=O) groups excluding carboxylic acids is 1. The van der Waals surface area contributed by atoms with Gasteiger partial charge >= 0.3 is 0 Å². The van der Waals surface area contributed by atoms with Gasteiger partial charge in [-0.1, -0.05) is 0 Å². The number of hydrogen-bond donors (Lipinski definition) is 0. The zero-order valence-corrected chi connectivity index (χ0v) is 8.55. The number of rotatable bonds is 1. The fourth-order valence-electron chi connectivity index (χ4n) is 1.24. The van der Waals surface area contributed by atoms with Gasteiger partial charge in [-0.15, -0.1) is 0 Å². The van der Waals surface area contributed by atoms with Crippen LogP contribution in [0, 0.1) is 0 Å². The number of hydrogen-bond acceptors (Lipinski definition) is 3. The van der Waals surface area contributed by atoms with Crippen LogP contribution in [0.25, 0.3) is 0 Å². The van der Waals surface area contributed by atoms with Gasteiger partial charge in [0.05, 0.1) is 10.0 Å². The Bertz CT molecular complexity index is 373. The van der Waals surface area contributed by atoms with E-state index in [1.165, 1.54) is 6.92 Å². The minimum Gasteiger partial charge on any atom is -0.453 e. The molecule has 13 heavy (non-hydrogen) atoms. The van der Waals surface area contributed by atoms with Crippen molar-refractivity contribution in [3.8, 4) is 11.5 Å². The van der Waals surface area contributed by atoms with Crippen LogP contribution in [0.4, 0.5) is 0 Å². The zero-order valence-electron chi connectivity index (χ0n) is 6.96. The van der Waals surface area contributed by atoms with Crippen LogP contribution in [0.5, 0.6) is 11.5 Å². The van der Waals surface area contributed by atoms with E-state index in [0.29, 0.717) is 17.1 Å². The summed E-state index contributed by atoms with van der Waals surface area (Å²) in [4.78, 5) is 11.2. The van der Waals surface area contributed by atoms with Gasteiger partial charge in [-0.2, -0.15) is 0 Å². The van der Waals surface area contributed by atoms with Crippen LogP contribution in [0.3, 0.4) is 0 Å². The summed E-state index contributed by atoms with van der Waals surface area (Å²) in [6.45, 7) is 1.68. The van der Waals surface area contributed by atoms with Crippen molar-refractivity contribution in [1.29, 1.82) is 0 Å². The molecule has 1 aliphatic rings. The Morgan fingerprint density at radius 3 is 2.77 bits per heavy atom. The summed E-state index contributed by atoms with van der Waals surface area (Å²) in [5.74, 6) is 1.14. The lowest BCUT2D eigenvalue weighted by molar-refractivity contribution is 0.101. The monoisotopic (exact) mass is 242 g/mol. The van der Waals surface area contributed by atoms with Gasteiger partial charge in [0.15, 0.2) is 17.3 Å². The normalized spacial score (nSPS) is 13.1. The average molecular weight is 243 g/mol. The highest BCUT2D eigenvalue weighted by Gasteiger charge is 2.22. The van der Waals surface area contributed by atoms with E-state index in [4.69, 9.17) is 9.47 Å². The number of carbonyl (C=O) groups is 1. The molecule has 0 saturated carbocycles. The molecule has 0 bridgehead atoms. The summed E-state index contributed by atoms with van der Waals surface area (Å²) >= 11 is 3.31. The predicted molar refractivity (Wildman–Crippen MR) is 50.3 cm³/mol. The van der Waals surface area contributed by atoms with Crippen molar-refractivity contribution >= 4 is 21.7 Å². The first-order valence-electron chi connectivity index (χ1n) is 3.79. The summed E-state index contributed by atoms with van der Waals surface area (Å²) in [6, 6.07) is 3.50. The third-order valence-corrected chi connectivity index (χ3v) is 2.47. The molecule has 4 heteroatoms. The molecular formula is C9H7BrO3. The summed E-state index contributed by atoms with van der Waals surface area (Å²) in [5, 5.41) is 0. The lowest BCUT2D eigenvalue weighted by atomic mass is 10.1. The van der Waals surface area contributed by atoms with Crippen LogP contribution in [-0.2, 0) is 0 Å². The smallest absolute Gasteiger partial charge is 0.231 e. The first-order valence-corrected chi connectivity index (χ1v) is 4.58. The maximum atomic E-state index is 11.2. The Labute approximate surface area is 83.8 Å². The molecule has 0 atom stereocenters. The number of Topliss-reactive ketones (excluding diaryl/α,β-unsaturated/α-hetero) is 1. The van der Waals surface area contributed by atoms with Crippen molar-refractivity contribution in [3.05, 3.63) is 22.2 Å². The second-order valence-corrected chi connectivity index (χ2v) is 3.57. The second-order valence-electron chi connectivity index (χ2n) is 2.72. The molecule has 3 nitrogen and oxygen atoms in total. The standard InChI is InChI=1S/C9H7BrO3/c1-5(11)6-2-3-7(10)9-8(6)12-4-13-9/h2-3H,4H2,1H3. The number of ether oxygens (including phenoxy) is 2. The lowest BCUT2D eigenvalue weighted by Gasteiger charge is -2.02. The van der Waals surface area contributed by atoms with Gasteiger partial charge in [-0.3, -0.25) is 4.79 Å². The number of benzene rings is 1. The number of halogens is 1.